The van der Waals surface area contributed by atoms with E-state index in [2.05, 4.69) is 17.1 Å². The van der Waals surface area contributed by atoms with Gasteiger partial charge < -0.3 is 19.7 Å². The quantitative estimate of drug-likeness (QED) is 0.901. The molecule has 1 spiro atoms. The number of rotatable bonds is 3. The Hall–Kier alpha value is -1.85. The molecule has 1 saturated heterocycles. The van der Waals surface area contributed by atoms with Crippen LogP contribution in [0.25, 0.3) is 10.9 Å². The minimum Gasteiger partial charge on any atom is -0.392 e. The molecule has 2 heterocycles. The van der Waals surface area contributed by atoms with Crippen molar-refractivity contribution in [3.63, 3.8) is 0 Å². The van der Waals surface area contributed by atoms with E-state index in [0.717, 1.165) is 30.2 Å². The maximum Gasteiger partial charge on any atom is 0.270 e. The molecular formula is C20H26N2O3. The molecule has 5 heteroatoms. The minimum absolute atomic E-state index is 0.0467. The molecule has 1 aromatic heterocycles. The standard InChI is InChI=1S/C20H26N2O3/c1-3-25-18-12-17(23)20(18)6-8-22(9-7-20)19(24)16-11-14-5-4-13(2)10-15(14)21-16/h4-5,10-11,17-18,21,23H,3,6-9,12H2,1-2H3/t17-,18-/m1/s1. The molecule has 134 valence electrons. The van der Waals surface area contributed by atoms with E-state index in [1.807, 2.05) is 30.9 Å². The highest BCUT2D eigenvalue weighted by Crippen LogP contribution is 2.51. The molecule has 1 saturated carbocycles. The Bertz CT molecular complexity index is 787. The second-order valence-corrected chi connectivity index (χ2v) is 7.49. The summed E-state index contributed by atoms with van der Waals surface area (Å²) in [5, 5.41) is 11.4. The fraction of sp³-hybridized carbons (Fsp3) is 0.550. The molecule has 2 aliphatic rings. The van der Waals surface area contributed by atoms with Gasteiger partial charge in [-0.05, 0) is 44.4 Å². The zero-order valence-corrected chi connectivity index (χ0v) is 14.9. The molecule has 1 amide bonds. The van der Waals surface area contributed by atoms with E-state index >= 15 is 0 Å². The lowest BCUT2D eigenvalue weighted by Crippen LogP contribution is -2.62. The van der Waals surface area contributed by atoms with Crippen LogP contribution in [0.1, 0.15) is 42.2 Å². The number of carbonyl (C=O) groups is 1. The van der Waals surface area contributed by atoms with Gasteiger partial charge in [-0.1, -0.05) is 12.1 Å². The summed E-state index contributed by atoms with van der Waals surface area (Å²) in [4.78, 5) is 18.0. The van der Waals surface area contributed by atoms with Crippen molar-refractivity contribution in [1.82, 2.24) is 9.88 Å². The van der Waals surface area contributed by atoms with E-state index in [0.29, 0.717) is 25.4 Å². The Balaban J connectivity index is 1.47. The van der Waals surface area contributed by atoms with Crippen LogP contribution >= 0.6 is 0 Å². The van der Waals surface area contributed by atoms with Gasteiger partial charge in [-0.3, -0.25) is 4.79 Å². The predicted molar refractivity (Wildman–Crippen MR) is 96.6 cm³/mol. The van der Waals surface area contributed by atoms with Gasteiger partial charge in [-0.25, -0.2) is 0 Å². The number of aliphatic hydroxyl groups is 1. The molecule has 2 atom stereocenters. The first-order valence-corrected chi connectivity index (χ1v) is 9.22. The average molecular weight is 342 g/mol. The third-order valence-electron chi connectivity index (χ3n) is 6.10. The number of nitrogens with one attached hydrogen (secondary N) is 1. The Morgan fingerprint density at radius 1 is 1.36 bits per heavy atom. The molecular weight excluding hydrogens is 316 g/mol. The summed E-state index contributed by atoms with van der Waals surface area (Å²) in [7, 11) is 0. The third kappa shape index (κ3) is 2.66. The summed E-state index contributed by atoms with van der Waals surface area (Å²) >= 11 is 0. The number of ether oxygens (including phenoxy) is 1. The monoisotopic (exact) mass is 342 g/mol. The SMILES string of the molecule is CCO[C@@H]1C[C@@H](O)C12CCN(C(=O)c1cc3ccc(C)cc3[nH]1)CC2. The van der Waals surface area contributed by atoms with E-state index in [1.54, 1.807) is 0 Å². The maximum atomic E-state index is 12.9. The van der Waals surface area contributed by atoms with Crippen molar-refractivity contribution in [3.05, 3.63) is 35.5 Å². The molecule has 25 heavy (non-hydrogen) atoms. The van der Waals surface area contributed by atoms with E-state index in [-0.39, 0.29) is 23.5 Å². The van der Waals surface area contributed by atoms with E-state index in [4.69, 9.17) is 4.74 Å². The van der Waals surface area contributed by atoms with Crippen LogP contribution in [0.15, 0.2) is 24.3 Å². The zero-order chi connectivity index (χ0) is 17.6. The average Bonchev–Trinajstić information content (AvgIpc) is 3.04. The third-order valence-corrected chi connectivity index (χ3v) is 6.10. The molecule has 2 N–H and O–H groups in total. The summed E-state index contributed by atoms with van der Waals surface area (Å²) in [5.41, 5.74) is 2.67. The number of aromatic nitrogens is 1. The summed E-state index contributed by atoms with van der Waals surface area (Å²) in [6, 6.07) is 8.10. The second-order valence-electron chi connectivity index (χ2n) is 7.49. The van der Waals surface area contributed by atoms with Gasteiger partial charge in [0.25, 0.3) is 5.91 Å². The van der Waals surface area contributed by atoms with Crippen LogP contribution in [0.4, 0.5) is 0 Å². The maximum absolute atomic E-state index is 12.9. The molecule has 0 radical (unpaired) electrons. The number of likely N-dealkylation sites (tertiary alicyclic amines) is 1. The summed E-state index contributed by atoms with van der Waals surface area (Å²) in [6.45, 7) is 6.07. The molecule has 2 fully saturated rings. The Labute approximate surface area is 148 Å². The number of hydrogen-bond donors (Lipinski definition) is 2. The largest absolute Gasteiger partial charge is 0.392 e. The van der Waals surface area contributed by atoms with Gasteiger partial charge in [0.05, 0.1) is 12.2 Å². The van der Waals surface area contributed by atoms with Crippen molar-refractivity contribution in [1.29, 1.82) is 0 Å². The number of hydrogen-bond acceptors (Lipinski definition) is 3. The van der Waals surface area contributed by atoms with E-state index < -0.39 is 0 Å². The Morgan fingerprint density at radius 2 is 2.12 bits per heavy atom. The number of piperidine rings is 1. The van der Waals surface area contributed by atoms with Crippen molar-refractivity contribution in [2.45, 2.75) is 45.3 Å². The highest BCUT2D eigenvalue weighted by molar-refractivity contribution is 5.98. The first-order valence-electron chi connectivity index (χ1n) is 9.22. The van der Waals surface area contributed by atoms with Gasteiger partial charge in [0.2, 0.25) is 0 Å². The molecule has 0 unspecified atom stereocenters. The number of H-pyrrole nitrogens is 1. The lowest BCUT2D eigenvalue weighted by molar-refractivity contribution is -0.207. The predicted octanol–water partition coefficient (Wildman–Crippen LogP) is 2.87. The van der Waals surface area contributed by atoms with E-state index in [1.165, 1.54) is 5.56 Å². The number of aliphatic hydroxyl groups excluding tert-OH is 1. The number of carbonyl (C=O) groups excluding carboxylic acids is 1. The number of amides is 1. The first-order chi connectivity index (χ1) is 12.0. The van der Waals surface area contributed by atoms with Crippen LogP contribution in [0.3, 0.4) is 0 Å². The zero-order valence-electron chi connectivity index (χ0n) is 14.9. The highest BCUT2D eigenvalue weighted by atomic mass is 16.5. The van der Waals surface area contributed by atoms with Crippen LogP contribution < -0.4 is 0 Å². The molecule has 0 bridgehead atoms. The van der Waals surface area contributed by atoms with Crippen LogP contribution in [0, 0.1) is 12.3 Å². The number of benzene rings is 1. The molecule has 5 nitrogen and oxygen atoms in total. The van der Waals surface area contributed by atoms with Gasteiger partial charge in [0, 0.05) is 42.4 Å². The molecule has 1 aliphatic carbocycles. The molecule has 1 aliphatic heterocycles. The van der Waals surface area contributed by atoms with Crippen LogP contribution in [0.5, 0.6) is 0 Å². The topological polar surface area (TPSA) is 65.6 Å². The summed E-state index contributed by atoms with van der Waals surface area (Å²) < 4.78 is 5.80. The molecule has 2 aromatic rings. The molecule has 4 rings (SSSR count). The van der Waals surface area contributed by atoms with Crippen LogP contribution in [-0.4, -0.2) is 52.8 Å². The normalized spacial score (nSPS) is 25.3. The number of fused-ring (bicyclic) bond motifs is 1. The smallest absolute Gasteiger partial charge is 0.270 e. The number of aryl methyl sites for hydroxylation is 1. The fourth-order valence-electron chi connectivity index (χ4n) is 4.47. The van der Waals surface area contributed by atoms with Gasteiger partial charge >= 0.3 is 0 Å². The van der Waals surface area contributed by atoms with Crippen molar-refractivity contribution in [2.24, 2.45) is 5.41 Å². The first kappa shape index (κ1) is 16.6. The fourth-order valence-corrected chi connectivity index (χ4v) is 4.47. The second kappa shape index (κ2) is 6.15. The lowest BCUT2D eigenvalue weighted by Gasteiger charge is -2.56. The van der Waals surface area contributed by atoms with Crippen molar-refractivity contribution in [2.75, 3.05) is 19.7 Å². The van der Waals surface area contributed by atoms with Crippen LogP contribution in [0.2, 0.25) is 0 Å². The van der Waals surface area contributed by atoms with Crippen molar-refractivity contribution < 1.29 is 14.6 Å². The van der Waals surface area contributed by atoms with Gasteiger partial charge in [0.15, 0.2) is 0 Å². The minimum atomic E-state index is -0.294. The Morgan fingerprint density at radius 3 is 2.80 bits per heavy atom. The van der Waals surface area contributed by atoms with Crippen molar-refractivity contribution >= 4 is 16.8 Å². The van der Waals surface area contributed by atoms with Gasteiger partial charge in [-0.15, -0.1) is 0 Å². The number of aromatic amines is 1. The number of nitrogens with zero attached hydrogens (tertiary/aromatic N) is 1. The Kier molecular flexibility index (Phi) is 4.08. The molecule has 1 aromatic carbocycles. The van der Waals surface area contributed by atoms with Crippen molar-refractivity contribution in [3.8, 4) is 0 Å². The highest BCUT2D eigenvalue weighted by Gasteiger charge is 2.56. The lowest BCUT2D eigenvalue weighted by atomic mass is 9.58. The summed E-state index contributed by atoms with van der Waals surface area (Å²) in [5.74, 6) is 0.0467. The summed E-state index contributed by atoms with van der Waals surface area (Å²) in [6.07, 6.45) is 2.19. The van der Waals surface area contributed by atoms with Crippen LogP contribution in [-0.2, 0) is 4.74 Å². The van der Waals surface area contributed by atoms with Gasteiger partial charge in [-0.2, -0.15) is 0 Å². The van der Waals surface area contributed by atoms with Gasteiger partial charge in [0.1, 0.15) is 5.69 Å². The van der Waals surface area contributed by atoms with E-state index in [9.17, 15) is 9.90 Å².